The summed E-state index contributed by atoms with van der Waals surface area (Å²) in [5.74, 6) is 0.261. The van der Waals surface area contributed by atoms with E-state index in [9.17, 15) is 0 Å². The number of hydrogen-bond acceptors (Lipinski definition) is 6. The van der Waals surface area contributed by atoms with Crippen LogP contribution in [0.25, 0.3) is 11.2 Å². The first-order chi connectivity index (χ1) is 9.48. The van der Waals surface area contributed by atoms with Crippen LogP contribution in [0.3, 0.4) is 0 Å². The van der Waals surface area contributed by atoms with Gasteiger partial charge in [0.15, 0.2) is 5.15 Å². The zero-order valence-corrected chi connectivity index (χ0v) is 12.6. The van der Waals surface area contributed by atoms with Crippen LogP contribution in [0.5, 0.6) is 0 Å². The molecule has 3 rings (SSSR count). The fraction of sp³-hybridized carbons (Fsp3) is 0.583. The van der Waals surface area contributed by atoms with Gasteiger partial charge in [-0.1, -0.05) is 31.0 Å². The maximum atomic E-state index is 6.23. The van der Waals surface area contributed by atoms with E-state index in [1.54, 1.807) is 0 Å². The molecule has 106 valence electrons. The molecule has 1 aliphatic rings. The maximum Gasteiger partial charge on any atom is 0.209 e. The molecule has 2 atom stereocenters. The summed E-state index contributed by atoms with van der Waals surface area (Å²) in [5, 5.41) is 21.9. The minimum absolute atomic E-state index is 0.142. The van der Waals surface area contributed by atoms with Gasteiger partial charge in [0, 0.05) is 5.92 Å². The Bertz CT molecular complexity index is 796. The summed E-state index contributed by atoms with van der Waals surface area (Å²) in [4.78, 5) is 0. The van der Waals surface area contributed by atoms with Gasteiger partial charge in [-0.3, -0.25) is 0 Å². The molecule has 0 aromatic carbocycles. The van der Waals surface area contributed by atoms with E-state index in [4.69, 9.17) is 11.6 Å². The molecule has 0 amide bonds. The number of nitrogens with one attached hydrogen (secondary N) is 1. The van der Waals surface area contributed by atoms with E-state index in [0.29, 0.717) is 16.2 Å². The molecular formula is C12H16ClN7. The summed E-state index contributed by atoms with van der Waals surface area (Å²) < 4.78 is 1.35. The molecular weight excluding hydrogens is 278 g/mol. The maximum absolute atomic E-state index is 6.23. The van der Waals surface area contributed by atoms with Gasteiger partial charge in [-0.25, -0.2) is 0 Å². The number of fused-ring (bicyclic) bond motifs is 3. The van der Waals surface area contributed by atoms with Crippen molar-refractivity contribution in [1.29, 1.82) is 0 Å². The standard InChI is InChI=1S/C12H16ClN7/c1-5-12(4)7(3)6(2)8-9(14-17-12)10(13)16-20-11(8)15-18-19-20/h7,17H,5H2,1-4H3/t7-,12-/m0/s1. The van der Waals surface area contributed by atoms with Gasteiger partial charge in [0.05, 0.1) is 10.8 Å². The van der Waals surface area contributed by atoms with Gasteiger partial charge in [-0.05, 0) is 30.7 Å². The van der Waals surface area contributed by atoms with Crippen LogP contribution in [0.4, 0.5) is 0 Å². The van der Waals surface area contributed by atoms with E-state index in [-0.39, 0.29) is 11.5 Å². The molecule has 8 heteroatoms. The Balaban J connectivity index is 2.50. The lowest BCUT2D eigenvalue weighted by molar-refractivity contribution is 0.285. The summed E-state index contributed by atoms with van der Waals surface area (Å²) in [6.45, 7) is 8.53. The second-order valence-corrected chi connectivity index (χ2v) is 5.76. The summed E-state index contributed by atoms with van der Waals surface area (Å²) in [5.41, 5.74) is 4.84. The molecule has 2 aromatic rings. The van der Waals surface area contributed by atoms with Gasteiger partial charge in [0.1, 0.15) is 5.36 Å². The SMILES string of the molecule is CC[C@]1(C)NN=c2c(Cl)nn3nnnc3c2=C(C)[C@@H]1C. The normalized spacial score (nSPS) is 25.9. The van der Waals surface area contributed by atoms with Crippen LogP contribution in [0, 0.1) is 5.92 Å². The van der Waals surface area contributed by atoms with Gasteiger partial charge in [0.2, 0.25) is 5.65 Å². The van der Waals surface area contributed by atoms with E-state index in [1.807, 2.05) is 0 Å². The Morgan fingerprint density at radius 1 is 1.45 bits per heavy atom. The fourth-order valence-electron chi connectivity index (χ4n) is 2.56. The lowest BCUT2D eigenvalue weighted by Gasteiger charge is -2.34. The van der Waals surface area contributed by atoms with Crippen LogP contribution in [-0.4, -0.2) is 30.8 Å². The molecule has 1 aliphatic heterocycles. The van der Waals surface area contributed by atoms with Crippen molar-refractivity contribution in [2.75, 3.05) is 0 Å². The second kappa shape index (κ2) is 4.37. The predicted molar refractivity (Wildman–Crippen MR) is 74.4 cm³/mol. The summed E-state index contributed by atoms with van der Waals surface area (Å²) in [6, 6.07) is 0. The average molecular weight is 294 g/mol. The zero-order chi connectivity index (χ0) is 14.5. The van der Waals surface area contributed by atoms with Crippen molar-refractivity contribution in [3.8, 4) is 0 Å². The number of hydrogen-bond donors (Lipinski definition) is 1. The Labute approximate surface area is 120 Å². The minimum atomic E-state index is -0.142. The average Bonchev–Trinajstić information content (AvgIpc) is 2.86. The van der Waals surface area contributed by atoms with Crippen molar-refractivity contribution >= 4 is 22.8 Å². The smallest absolute Gasteiger partial charge is 0.209 e. The van der Waals surface area contributed by atoms with Crippen molar-refractivity contribution < 1.29 is 0 Å². The number of rotatable bonds is 1. The first-order valence-electron chi connectivity index (χ1n) is 6.57. The number of tetrazole rings is 1. The summed E-state index contributed by atoms with van der Waals surface area (Å²) >= 11 is 6.23. The highest BCUT2D eigenvalue weighted by Gasteiger charge is 2.33. The van der Waals surface area contributed by atoms with Gasteiger partial charge in [-0.15, -0.1) is 14.8 Å². The highest BCUT2D eigenvalue weighted by Crippen LogP contribution is 2.28. The molecule has 0 bridgehead atoms. The predicted octanol–water partition coefficient (Wildman–Crippen LogP) is 0.286. The molecule has 0 saturated heterocycles. The van der Waals surface area contributed by atoms with E-state index >= 15 is 0 Å². The Morgan fingerprint density at radius 3 is 2.90 bits per heavy atom. The first kappa shape index (κ1) is 13.2. The molecule has 3 heterocycles. The molecule has 0 radical (unpaired) electrons. The number of halogens is 1. The number of aromatic nitrogens is 5. The molecule has 7 nitrogen and oxygen atoms in total. The minimum Gasteiger partial charge on any atom is -0.303 e. The molecule has 0 fully saturated rings. The van der Waals surface area contributed by atoms with Crippen LogP contribution in [0.15, 0.2) is 5.10 Å². The second-order valence-electron chi connectivity index (χ2n) is 5.41. The molecule has 1 N–H and O–H groups in total. The fourth-order valence-corrected chi connectivity index (χ4v) is 2.77. The first-order valence-corrected chi connectivity index (χ1v) is 6.95. The molecule has 0 aliphatic carbocycles. The quantitative estimate of drug-likeness (QED) is 0.817. The lowest BCUT2D eigenvalue weighted by atomic mass is 9.80. The van der Waals surface area contributed by atoms with Crippen molar-refractivity contribution in [2.45, 2.75) is 39.7 Å². The van der Waals surface area contributed by atoms with Crippen LogP contribution in [-0.2, 0) is 0 Å². The van der Waals surface area contributed by atoms with Crippen molar-refractivity contribution in [1.82, 2.24) is 30.7 Å². The zero-order valence-electron chi connectivity index (χ0n) is 11.8. The van der Waals surface area contributed by atoms with Gasteiger partial charge in [0.25, 0.3) is 0 Å². The van der Waals surface area contributed by atoms with Gasteiger partial charge in [-0.2, -0.15) is 5.10 Å². The van der Waals surface area contributed by atoms with E-state index in [2.05, 4.69) is 58.8 Å². The van der Waals surface area contributed by atoms with Crippen LogP contribution in [0.2, 0.25) is 5.15 Å². The Hall–Kier alpha value is -1.76. The van der Waals surface area contributed by atoms with E-state index < -0.39 is 0 Å². The van der Waals surface area contributed by atoms with Crippen LogP contribution < -0.4 is 16.0 Å². The Kier molecular flexibility index (Phi) is 2.89. The molecule has 0 spiro atoms. The largest absolute Gasteiger partial charge is 0.303 e. The molecule has 0 unspecified atom stereocenters. The highest BCUT2D eigenvalue weighted by atomic mass is 35.5. The lowest BCUT2D eigenvalue weighted by Crippen LogP contribution is -2.44. The summed E-state index contributed by atoms with van der Waals surface area (Å²) in [7, 11) is 0. The molecule has 0 saturated carbocycles. The van der Waals surface area contributed by atoms with Crippen LogP contribution in [0.1, 0.15) is 34.1 Å². The monoisotopic (exact) mass is 293 g/mol. The van der Waals surface area contributed by atoms with Crippen molar-refractivity contribution in [3.63, 3.8) is 0 Å². The molecule has 2 aromatic heterocycles. The van der Waals surface area contributed by atoms with Crippen molar-refractivity contribution in [3.05, 3.63) is 15.7 Å². The molecule has 20 heavy (non-hydrogen) atoms. The van der Waals surface area contributed by atoms with Gasteiger partial charge < -0.3 is 5.43 Å². The Morgan fingerprint density at radius 2 is 2.20 bits per heavy atom. The van der Waals surface area contributed by atoms with Crippen molar-refractivity contribution in [2.24, 2.45) is 11.0 Å². The third kappa shape index (κ3) is 1.69. The third-order valence-electron chi connectivity index (χ3n) is 4.45. The topological polar surface area (TPSA) is 80.4 Å². The van der Waals surface area contributed by atoms with Gasteiger partial charge >= 0.3 is 0 Å². The third-order valence-corrected chi connectivity index (χ3v) is 4.70. The van der Waals surface area contributed by atoms with E-state index in [0.717, 1.165) is 17.2 Å². The highest BCUT2D eigenvalue weighted by molar-refractivity contribution is 6.29. The van der Waals surface area contributed by atoms with Crippen LogP contribution >= 0.6 is 11.6 Å². The summed E-state index contributed by atoms with van der Waals surface area (Å²) in [6.07, 6.45) is 0.940. The number of nitrogens with zero attached hydrogens (tertiary/aromatic N) is 6. The van der Waals surface area contributed by atoms with E-state index in [1.165, 1.54) is 4.63 Å².